The summed E-state index contributed by atoms with van der Waals surface area (Å²) in [6, 6.07) is 11.1. The summed E-state index contributed by atoms with van der Waals surface area (Å²) in [4.78, 5) is 13.1. The Labute approximate surface area is 164 Å². The van der Waals surface area contributed by atoms with Gasteiger partial charge in [-0.1, -0.05) is 18.2 Å². The first-order valence-corrected chi connectivity index (χ1v) is 10.7. The maximum absolute atomic E-state index is 13.3. The number of benzene rings is 1. The van der Waals surface area contributed by atoms with Crippen molar-refractivity contribution < 1.29 is 13.2 Å². The molecule has 0 amide bonds. The number of hydrogen-bond acceptors (Lipinski definition) is 6. The molecular weight excluding hydrogens is 376 g/mol. The third-order valence-electron chi connectivity index (χ3n) is 4.79. The fraction of sp³-hybridized carbons (Fsp3) is 0.350. The molecule has 0 radical (unpaired) electrons. The van der Waals surface area contributed by atoms with Crippen LogP contribution in [0.2, 0.25) is 0 Å². The first-order chi connectivity index (χ1) is 13.4. The third-order valence-corrected chi connectivity index (χ3v) is 6.68. The van der Waals surface area contributed by atoms with Crippen molar-refractivity contribution >= 4 is 20.9 Å². The maximum atomic E-state index is 13.3. The molecule has 146 valence electrons. The van der Waals surface area contributed by atoms with E-state index in [1.54, 1.807) is 24.4 Å². The van der Waals surface area contributed by atoms with Crippen molar-refractivity contribution in [2.24, 2.45) is 0 Å². The van der Waals surface area contributed by atoms with E-state index in [0.717, 1.165) is 23.2 Å². The molecule has 1 aromatic carbocycles. The van der Waals surface area contributed by atoms with Gasteiger partial charge in [-0.2, -0.15) is 4.31 Å². The lowest BCUT2D eigenvalue weighted by molar-refractivity contribution is 0.119. The molecule has 0 aliphatic carbocycles. The Morgan fingerprint density at radius 1 is 1.11 bits per heavy atom. The molecule has 0 N–H and O–H groups in total. The fourth-order valence-electron chi connectivity index (χ4n) is 3.54. The number of piperidine rings is 1. The van der Waals surface area contributed by atoms with Crippen LogP contribution in [0.3, 0.4) is 0 Å². The standard InChI is InChI=1S/C20H22N4O3S/c1-14-12-15(2)23-20(22-14)27-17-8-5-11-24(13-17)28(25,26)18-9-3-6-16-7-4-10-21-19(16)18/h3-4,6-7,9-10,12,17H,5,8,11,13H2,1-2H3. The number of sulfonamides is 1. The highest BCUT2D eigenvalue weighted by atomic mass is 32.2. The minimum absolute atomic E-state index is 0.230. The summed E-state index contributed by atoms with van der Waals surface area (Å²) in [6.45, 7) is 4.49. The molecule has 3 aromatic rings. The number of ether oxygens (including phenoxy) is 1. The zero-order chi connectivity index (χ0) is 19.7. The summed E-state index contributed by atoms with van der Waals surface area (Å²) in [5, 5.41) is 0.803. The molecule has 1 atom stereocenters. The van der Waals surface area contributed by atoms with Crippen molar-refractivity contribution in [3.05, 3.63) is 54.0 Å². The van der Waals surface area contributed by atoms with Gasteiger partial charge in [0.2, 0.25) is 10.0 Å². The lowest BCUT2D eigenvalue weighted by atomic mass is 10.1. The van der Waals surface area contributed by atoms with Crippen LogP contribution in [0, 0.1) is 13.8 Å². The van der Waals surface area contributed by atoms with Gasteiger partial charge in [0, 0.05) is 29.5 Å². The van der Waals surface area contributed by atoms with E-state index >= 15 is 0 Å². The number of aryl methyl sites for hydroxylation is 2. The maximum Gasteiger partial charge on any atom is 0.317 e. The SMILES string of the molecule is Cc1cc(C)nc(OC2CCCN(S(=O)(=O)c3cccc4cccnc34)C2)n1. The number of aromatic nitrogens is 3. The first-order valence-electron chi connectivity index (χ1n) is 9.26. The smallest absolute Gasteiger partial charge is 0.317 e. The third kappa shape index (κ3) is 3.70. The largest absolute Gasteiger partial charge is 0.459 e. The molecule has 3 heterocycles. The predicted octanol–water partition coefficient (Wildman–Crippen LogP) is 2.87. The highest BCUT2D eigenvalue weighted by Gasteiger charge is 2.32. The fourth-order valence-corrected chi connectivity index (χ4v) is 5.21. The van der Waals surface area contributed by atoms with Gasteiger partial charge in [-0.25, -0.2) is 18.4 Å². The van der Waals surface area contributed by atoms with Crippen LogP contribution in [0.15, 0.2) is 47.5 Å². The Morgan fingerprint density at radius 2 is 1.86 bits per heavy atom. The Hall–Kier alpha value is -2.58. The topological polar surface area (TPSA) is 85.3 Å². The van der Waals surface area contributed by atoms with Gasteiger partial charge in [-0.05, 0) is 44.9 Å². The summed E-state index contributed by atoms with van der Waals surface area (Å²) in [5.41, 5.74) is 2.14. The summed E-state index contributed by atoms with van der Waals surface area (Å²) in [7, 11) is -3.68. The van der Waals surface area contributed by atoms with Crippen LogP contribution in [0.5, 0.6) is 6.01 Å². The van der Waals surface area contributed by atoms with Gasteiger partial charge >= 0.3 is 6.01 Å². The van der Waals surface area contributed by atoms with Crippen LogP contribution in [0.4, 0.5) is 0 Å². The number of hydrogen-bond donors (Lipinski definition) is 0. The zero-order valence-corrected chi connectivity index (χ0v) is 16.7. The zero-order valence-electron chi connectivity index (χ0n) is 15.9. The predicted molar refractivity (Wildman–Crippen MR) is 106 cm³/mol. The molecule has 4 rings (SSSR count). The minimum atomic E-state index is -3.68. The molecule has 2 aromatic heterocycles. The van der Waals surface area contributed by atoms with Gasteiger partial charge in [-0.15, -0.1) is 0 Å². The summed E-state index contributed by atoms with van der Waals surface area (Å²) in [5.74, 6) is 0. The van der Waals surface area contributed by atoms with Crippen molar-refractivity contribution in [1.82, 2.24) is 19.3 Å². The summed E-state index contributed by atoms with van der Waals surface area (Å²) < 4.78 is 34.0. The van der Waals surface area contributed by atoms with Gasteiger partial charge < -0.3 is 4.74 Å². The number of para-hydroxylation sites is 1. The summed E-state index contributed by atoms with van der Waals surface area (Å²) >= 11 is 0. The van der Waals surface area contributed by atoms with E-state index in [2.05, 4.69) is 15.0 Å². The van der Waals surface area contributed by atoms with E-state index in [0.29, 0.717) is 24.5 Å². The molecule has 1 aliphatic rings. The molecular formula is C20H22N4O3S. The monoisotopic (exact) mass is 398 g/mol. The van der Waals surface area contributed by atoms with Crippen LogP contribution < -0.4 is 4.74 Å². The molecule has 1 unspecified atom stereocenters. The van der Waals surface area contributed by atoms with Crippen molar-refractivity contribution in [3.63, 3.8) is 0 Å². The van der Waals surface area contributed by atoms with Gasteiger partial charge in [-0.3, -0.25) is 4.98 Å². The molecule has 0 spiro atoms. The van der Waals surface area contributed by atoms with Crippen LogP contribution >= 0.6 is 0 Å². The Morgan fingerprint density at radius 3 is 2.64 bits per heavy atom. The van der Waals surface area contributed by atoms with Gasteiger partial charge in [0.15, 0.2) is 0 Å². The second-order valence-corrected chi connectivity index (χ2v) is 8.92. The van der Waals surface area contributed by atoms with Gasteiger partial charge in [0.1, 0.15) is 11.0 Å². The van der Waals surface area contributed by atoms with Crippen molar-refractivity contribution in [1.29, 1.82) is 0 Å². The molecule has 1 fully saturated rings. The molecule has 1 aliphatic heterocycles. The van der Waals surface area contributed by atoms with E-state index in [9.17, 15) is 8.42 Å². The molecule has 0 bridgehead atoms. The average molecular weight is 398 g/mol. The van der Waals surface area contributed by atoms with Crippen LogP contribution in [-0.4, -0.2) is 46.9 Å². The molecule has 1 saturated heterocycles. The molecule has 7 nitrogen and oxygen atoms in total. The van der Waals surface area contributed by atoms with Crippen molar-refractivity contribution in [3.8, 4) is 6.01 Å². The van der Waals surface area contributed by atoms with Crippen molar-refractivity contribution in [2.75, 3.05) is 13.1 Å². The Kier molecular flexibility index (Phi) is 4.99. The number of pyridine rings is 1. The van der Waals surface area contributed by atoms with E-state index in [1.165, 1.54) is 4.31 Å². The first kappa shape index (κ1) is 18.8. The molecule has 8 heteroatoms. The second-order valence-electron chi connectivity index (χ2n) is 7.01. The molecule has 28 heavy (non-hydrogen) atoms. The quantitative estimate of drug-likeness (QED) is 0.672. The van der Waals surface area contributed by atoms with E-state index in [-0.39, 0.29) is 17.5 Å². The normalized spacial score (nSPS) is 18.3. The van der Waals surface area contributed by atoms with Crippen LogP contribution in [0.1, 0.15) is 24.2 Å². The van der Waals surface area contributed by atoms with Gasteiger partial charge in [0.25, 0.3) is 0 Å². The van der Waals surface area contributed by atoms with Crippen LogP contribution in [-0.2, 0) is 10.0 Å². The second kappa shape index (κ2) is 7.44. The lowest BCUT2D eigenvalue weighted by Gasteiger charge is -2.31. The number of nitrogens with zero attached hydrogens (tertiary/aromatic N) is 4. The van der Waals surface area contributed by atoms with Crippen LogP contribution in [0.25, 0.3) is 10.9 Å². The van der Waals surface area contributed by atoms with Gasteiger partial charge in [0.05, 0.1) is 12.1 Å². The highest BCUT2D eigenvalue weighted by molar-refractivity contribution is 7.89. The van der Waals surface area contributed by atoms with Crippen molar-refractivity contribution in [2.45, 2.75) is 37.7 Å². The summed E-state index contributed by atoms with van der Waals surface area (Å²) in [6.07, 6.45) is 2.80. The Balaban J connectivity index is 1.59. The van der Waals surface area contributed by atoms with E-state index in [1.807, 2.05) is 32.0 Å². The number of fused-ring (bicyclic) bond motifs is 1. The average Bonchev–Trinajstić information content (AvgIpc) is 2.67. The molecule has 0 saturated carbocycles. The highest BCUT2D eigenvalue weighted by Crippen LogP contribution is 2.27. The Bertz CT molecular complexity index is 1090. The minimum Gasteiger partial charge on any atom is -0.459 e. The van der Waals surface area contributed by atoms with E-state index < -0.39 is 10.0 Å². The lowest BCUT2D eigenvalue weighted by Crippen LogP contribution is -2.44. The van der Waals surface area contributed by atoms with E-state index in [4.69, 9.17) is 4.74 Å². The number of rotatable bonds is 4.